The van der Waals surface area contributed by atoms with Crippen LogP contribution in [-0.2, 0) is 0 Å². The van der Waals surface area contributed by atoms with Crippen LogP contribution in [0.15, 0.2) is 12.1 Å². The van der Waals surface area contributed by atoms with Gasteiger partial charge >= 0.3 is 0 Å². The number of halogens is 1. The summed E-state index contributed by atoms with van der Waals surface area (Å²) in [5.41, 5.74) is 5.86. The second kappa shape index (κ2) is 4.92. The Kier molecular flexibility index (Phi) is 3.52. The minimum absolute atomic E-state index is 0.105. The van der Waals surface area contributed by atoms with Crippen LogP contribution in [0.2, 0.25) is 5.02 Å². The zero-order valence-electron chi connectivity index (χ0n) is 9.82. The van der Waals surface area contributed by atoms with E-state index in [2.05, 4.69) is 11.9 Å². The first kappa shape index (κ1) is 12.2. The van der Waals surface area contributed by atoms with Gasteiger partial charge in [0.1, 0.15) is 11.5 Å². The quantitative estimate of drug-likeness (QED) is 0.896. The molecule has 0 radical (unpaired) electrons. The average Bonchev–Trinajstić information content (AvgIpc) is 3.12. The molecule has 0 aliphatic heterocycles. The molecule has 0 atom stereocenters. The van der Waals surface area contributed by atoms with E-state index < -0.39 is 0 Å². The minimum atomic E-state index is -0.105. The number of hydrogen-bond donors (Lipinski definition) is 1. The van der Waals surface area contributed by atoms with Gasteiger partial charge < -0.3 is 10.6 Å². The molecular formula is C12H16ClN3O. The van der Waals surface area contributed by atoms with Crippen molar-refractivity contribution in [2.24, 2.45) is 0 Å². The van der Waals surface area contributed by atoms with Crippen molar-refractivity contribution in [1.82, 2.24) is 9.88 Å². The summed E-state index contributed by atoms with van der Waals surface area (Å²) in [6.45, 7) is 2.80. The van der Waals surface area contributed by atoms with E-state index in [1.165, 1.54) is 0 Å². The van der Waals surface area contributed by atoms with E-state index in [0.717, 1.165) is 25.8 Å². The molecule has 2 N–H and O–H groups in total. The van der Waals surface area contributed by atoms with Gasteiger partial charge in [0, 0.05) is 12.6 Å². The second-order valence-electron chi connectivity index (χ2n) is 4.30. The number of carbonyl (C=O) groups excluding carboxylic acids is 1. The number of hydrogen-bond acceptors (Lipinski definition) is 3. The fraction of sp³-hybridized carbons (Fsp3) is 0.500. The summed E-state index contributed by atoms with van der Waals surface area (Å²) in [6, 6.07) is 3.58. The van der Waals surface area contributed by atoms with E-state index in [9.17, 15) is 4.79 Å². The van der Waals surface area contributed by atoms with Crippen molar-refractivity contribution in [1.29, 1.82) is 0 Å². The summed E-state index contributed by atoms with van der Waals surface area (Å²) in [5, 5.41) is 0.367. The second-order valence-corrected chi connectivity index (χ2v) is 4.70. The van der Waals surface area contributed by atoms with Gasteiger partial charge in [-0.25, -0.2) is 4.98 Å². The maximum absolute atomic E-state index is 12.3. The number of pyridine rings is 1. The number of rotatable bonds is 4. The van der Waals surface area contributed by atoms with Crippen molar-refractivity contribution in [3.63, 3.8) is 0 Å². The molecule has 1 heterocycles. The van der Waals surface area contributed by atoms with Gasteiger partial charge in [0.2, 0.25) is 0 Å². The fourth-order valence-electron chi connectivity index (χ4n) is 1.82. The fourth-order valence-corrected chi connectivity index (χ4v) is 2.01. The van der Waals surface area contributed by atoms with Crippen LogP contribution in [0, 0.1) is 0 Å². The van der Waals surface area contributed by atoms with E-state index >= 15 is 0 Å². The number of carbonyl (C=O) groups is 1. The van der Waals surface area contributed by atoms with E-state index in [1.807, 2.05) is 4.90 Å². The zero-order chi connectivity index (χ0) is 12.4. The Morgan fingerprint density at radius 1 is 1.59 bits per heavy atom. The summed E-state index contributed by atoms with van der Waals surface area (Å²) in [5.74, 6) is 0.219. The molecule has 92 valence electrons. The highest BCUT2D eigenvalue weighted by molar-refractivity contribution is 6.33. The van der Waals surface area contributed by atoms with Crippen molar-refractivity contribution in [3.8, 4) is 0 Å². The lowest BCUT2D eigenvalue weighted by Crippen LogP contribution is -2.34. The average molecular weight is 254 g/mol. The van der Waals surface area contributed by atoms with Crippen LogP contribution in [0.5, 0.6) is 0 Å². The van der Waals surface area contributed by atoms with E-state index in [4.69, 9.17) is 17.3 Å². The number of nitrogens with zero attached hydrogens (tertiary/aromatic N) is 2. The van der Waals surface area contributed by atoms with Crippen LogP contribution in [0.1, 0.15) is 36.7 Å². The molecule has 2 rings (SSSR count). The lowest BCUT2D eigenvalue weighted by Gasteiger charge is -2.21. The Bertz CT molecular complexity index is 432. The first-order valence-corrected chi connectivity index (χ1v) is 6.24. The van der Waals surface area contributed by atoms with E-state index in [1.54, 1.807) is 12.1 Å². The summed E-state index contributed by atoms with van der Waals surface area (Å²) in [6.07, 6.45) is 3.08. The summed E-state index contributed by atoms with van der Waals surface area (Å²) in [7, 11) is 0. The molecule has 1 aromatic rings. The molecule has 1 saturated carbocycles. The van der Waals surface area contributed by atoms with Crippen molar-refractivity contribution < 1.29 is 4.79 Å². The highest BCUT2D eigenvalue weighted by Crippen LogP contribution is 2.29. The Balaban J connectivity index is 2.24. The Hall–Kier alpha value is -1.29. The third-order valence-electron chi connectivity index (χ3n) is 2.78. The third-order valence-corrected chi connectivity index (χ3v) is 3.09. The third kappa shape index (κ3) is 2.69. The molecule has 5 heteroatoms. The van der Waals surface area contributed by atoms with Crippen LogP contribution in [-0.4, -0.2) is 28.4 Å². The van der Waals surface area contributed by atoms with Crippen molar-refractivity contribution >= 4 is 23.3 Å². The smallest absolute Gasteiger partial charge is 0.274 e. The molecule has 1 aliphatic rings. The monoisotopic (exact) mass is 253 g/mol. The van der Waals surface area contributed by atoms with Crippen LogP contribution >= 0.6 is 11.6 Å². The largest absolute Gasteiger partial charge is 0.384 e. The first-order chi connectivity index (χ1) is 8.13. The maximum atomic E-state index is 12.3. The highest BCUT2D eigenvalue weighted by Gasteiger charge is 2.33. The number of nitrogens with two attached hydrogens (primary N) is 1. The Morgan fingerprint density at radius 3 is 2.88 bits per heavy atom. The maximum Gasteiger partial charge on any atom is 0.274 e. The molecule has 0 spiro atoms. The molecule has 1 aromatic heterocycles. The normalized spacial score (nSPS) is 14.7. The predicted octanol–water partition coefficient (Wildman–Crippen LogP) is 2.33. The van der Waals surface area contributed by atoms with Gasteiger partial charge in [-0.15, -0.1) is 0 Å². The Labute approximate surface area is 106 Å². The Morgan fingerprint density at radius 2 is 2.29 bits per heavy atom. The van der Waals surface area contributed by atoms with Crippen molar-refractivity contribution in [2.75, 3.05) is 12.3 Å². The highest BCUT2D eigenvalue weighted by atomic mass is 35.5. The molecule has 0 saturated heterocycles. The topological polar surface area (TPSA) is 59.2 Å². The first-order valence-electron chi connectivity index (χ1n) is 5.86. The van der Waals surface area contributed by atoms with Gasteiger partial charge in [-0.1, -0.05) is 18.5 Å². The molecule has 1 amide bonds. The van der Waals surface area contributed by atoms with Crippen LogP contribution in [0.4, 0.5) is 5.82 Å². The number of nitrogen functional groups attached to an aromatic ring is 1. The van der Waals surface area contributed by atoms with Gasteiger partial charge in [0.25, 0.3) is 5.91 Å². The number of aromatic nitrogens is 1. The summed E-state index contributed by atoms with van der Waals surface area (Å²) in [4.78, 5) is 18.2. The van der Waals surface area contributed by atoms with E-state index in [0.29, 0.717) is 16.9 Å². The molecule has 0 unspecified atom stereocenters. The zero-order valence-corrected chi connectivity index (χ0v) is 10.6. The lowest BCUT2D eigenvalue weighted by molar-refractivity contribution is 0.0737. The number of anilines is 1. The molecule has 17 heavy (non-hydrogen) atoms. The summed E-state index contributed by atoms with van der Waals surface area (Å²) < 4.78 is 0. The van der Waals surface area contributed by atoms with Crippen molar-refractivity contribution in [3.05, 3.63) is 22.8 Å². The lowest BCUT2D eigenvalue weighted by atomic mass is 10.2. The van der Waals surface area contributed by atoms with Gasteiger partial charge in [0.05, 0.1) is 5.02 Å². The molecular weight excluding hydrogens is 238 g/mol. The summed E-state index contributed by atoms with van der Waals surface area (Å²) >= 11 is 5.99. The molecule has 1 aliphatic carbocycles. The molecule has 0 bridgehead atoms. The number of amides is 1. The van der Waals surface area contributed by atoms with Crippen LogP contribution in [0.25, 0.3) is 0 Å². The van der Waals surface area contributed by atoms with Gasteiger partial charge in [-0.3, -0.25) is 4.79 Å². The standard InChI is InChI=1S/C12H16ClN3O/c1-2-7-16(8-3-4-8)12(17)11-9(13)5-6-10(14)15-11/h5-6,8H,2-4,7H2,1H3,(H2,14,15). The van der Waals surface area contributed by atoms with Crippen LogP contribution < -0.4 is 5.73 Å². The SMILES string of the molecule is CCCN(C(=O)c1nc(N)ccc1Cl)C1CC1. The van der Waals surface area contributed by atoms with Crippen LogP contribution in [0.3, 0.4) is 0 Å². The predicted molar refractivity (Wildman–Crippen MR) is 68.0 cm³/mol. The molecule has 0 aromatic carbocycles. The molecule has 1 fully saturated rings. The molecule has 4 nitrogen and oxygen atoms in total. The van der Waals surface area contributed by atoms with E-state index in [-0.39, 0.29) is 11.6 Å². The minimum Gasteiger partial charge on any atom is -0.384 e. The van der Waals surface area contributed by atoms with Gasteiger partial charge in [0.15, 0.2) is 0 Å². The van der Waals surface area contributed by atoms with Gasteiger partial charge in [-0.2, -0.15) is 0 Å². The van der Waals surface area contributed by atoms with Gasteiger partial charge in [-0.05, 0) is 31.4 Å². The van der Waals surface area contributed by atoms with Crippen molar-refractivity contribution in [2.45, 2.75) is 32.2 Å².